The lowest BCUT2D eigenvalue weighted by Gasteiger charge is -2.15. The fraction of sp³-hybridized carbons (Fsp3) is 0.310. The Kier molecular flexibility index (Phi) is 10.1. The maximum atomic E-state index is 11.5. The van der Waals surface area contributed by atoms with Crippen molar-refractivity contribution in [1.82, 2.24) is 9.13 Å². The summed E-state index contributed by atoms with van der Waals surface area (Å²) in [6.07, 6.45) is 6.89. The summed E-state index contributed by atoms with van der Waals surface area (Å²) in [7, 11) is 3.15. The standard InChI is InChI=1S/C22H22BrNO3.C20H20BrNO/c1-14-10-18-20(27-13-21(25)26-2)11-15-7-5-8-17(15)22(18)24(14)12-16-6-3-4-9-19(16)23;1-13-10-17-19(23-2)11-14-7-5-8-16(14)20(17)22(13)12-15-6-3-4-9-18(15)21/h3-4,6,9-11H,5,7-8,12-13H2,1-2H3;3-4,6,9-11H,5,7-8,12H2,1-2H3. The molecule has 8 heteroatoms. The molecular formula is C42H42Br2N2O4. The zero-order valence-electron chi connectivity index (χ0n) is 29.1. The molecule has 2 heterocycles. The van der Waals surface area contributed by atoms with Crippen molar-refractivity contribution in [1.29, 1.82) is 0 Å². The van der Waals surface area contributed by atoms with Crippen LogP contribution in [0.3, 0.4) is 0 Å². The van der Waals surface area contributed by atoms with Crippen LogP contribution < -0.4 is 9.47 Å². The number of carbonyl (C=O) groups is 1. The van der Waals surface area contributed by atoms with Gasteiger partial charge >= 0.3 is 5.97 Å². The van der Waals surface area contributed by atoms with E-state index in [9.17, 15) is 4.79 Å². The van der Waals surface area contributed by atoms with Crippen molar-refractivity contribution in [2.24, 2.45) is 0 Å². The van der Waals surface area contributed by atoms with Gasteiger partial charge in [0.25, 0.3) is 0 Å². The van der Waals surface area contributed by atoms with Gasteiger partial charge in [0.05, 0.1) is 25.3 Å². The molecule has 0 saturated heterocycles. The normalized spacial score (nSPS) is 13.2. The monoisotopic (exact) mass is 796 g/mol. The maximum Gasteiger partial charge on any atom is 0.343 e. The zero-order valence-corrected chi connectivity index (χ0v) is 32.2. The molecular weight excluding hydrogens is 756 g/mol. The molecule has 0 radical (unpaired) electrons. The number of hydrogen-bond acceptors (Lipinski definition) is 4. The maximum absolute atomic E-state index is 11.5. The van der Waals surface area contributed by atoms with Gasteiger partial charge in [-0.2, -0.15) is 0 Å². The lowest BCUT2D eigenvalue weighted by atomic mass is 10.1. The molecule has 258 valence electrons. The van der Waals surface area contributed by atoms with Crippen molar-refractivity contribution in [3.05, 3.63) is 127 Å². The summed E-state index contributed by atoms with van der Waals surface area (Å²) in [6, 6.07) is 25.6. The highest BCUT2D eigenvalue weighted by atomic mass is 79.9. The molecule has 0 aliphatic heterocycles. The Morgan fingerprint density at radius 3 is 1.64 bits per heavy atom. The molecule has 8 rings (SSSR count). The van der Waals surface area contributed by atoms with E-state index in [1.165, 1.54) is 92.0 Å². The molecule has 2 aliphatic rings. The number of halogens is 2. The molecule has 4 aromatic carbocycles. The average Bonchev–Trinajstić information content (AvgIpc) is 3.91. The van der Waals surface area contributed by atoms with Crippen LogP contribution in [-0.4, -0.2) is 35.9 Å². The number of rotatable bonds is 8. The Bertz CT molecular complexity index is 2230. The minimum atomic E-state index is -0.368. The second-order valence-electron chi connectivity index (χ2n) is 13.3. The van der Waals surface area contributed by atoms with Crippen molar-refractivity contribution < 1.29 is 19.0 Å². The first-order valence-corrected chi connectivity index (χ1v) is 18.9. The summed E-state index contributed by atoms with van der Waals surface area (Å²) in [5.74, 6) is 1.41. The second kappa shape index (κ2) is 14.7. The smallest absolute Gasteiger partial charge is 0.343 e. The number of aromatic nitrogens is 2. The molecule has 0 bridgehead atoms. The van der Waals surface area contributed by atoms with Crippen LogP contribution in [0.15, 0.2) is 81.7 Å². The first kappa shape index (κ1) is 34.4. The van der Waals surface area contributed by atoms with Gasteiger partial charge < -0.3 is 23.3 Å². The van der Waals surface area contributed by atoms with Gasteiger partial charge in [0.15, 0.2) is 6.61 Å². The SMILES string of the molecule is COC(=O)COc1cc2c(c3c1cc(C)n3Cc1ccccc1Br)CCC2.COc1cc2c(c3c1cc(C)n3Cc1ccccc1Br)CCC2. The van der Waals surface area contributed by atoms with Crippen LogP contribution in [-0.2, 0) is 48.3 Å². The molecule has 2 aromatic heterocycles. The number of aryl methyl sites for hydroxylation is 6. The predicted octanol–water partition coefficient (Wildman–Crippen LogP) is 10.1. The molecule has 50 heavy (non-hydrogen) atoms. The number of esters is 1. The molecule has 0 fully saturated rings. The van der Waals surface area contributed by atoms with Gasteiger partial charge in [0.2, 0.25) is 0 Å². The van der Waals surface area contributed by atoms with Gasteiger partial charge in [-0.3, -0.25) is 0 Å². The molecule has 0 saturated carbocycles. The molecule has 6 nitrogen and oxygen atoms in total. The van der Waals surface area contributed by atoms with E-state index in [-0.39, 0.29) is 12.6 Å². The predicted molar refractivity (Wildman–Crippen MR) is 208 cm³/mol. The van der Waals surface area contributed by atoms with Crippen LogP contribution in [0.1, 0.15) is 57.6 Å². The highest BCUT2D eigenvalue weighted by Gasteiger charge is 2.24. The fourth-order valence-electron chi connectivity index (χ4n) is 7.73. The van der Waals surface area contributed by atoms with Gasteiger partial charge in [0, 0.05) is 44.2 Å². The fourth-order valence-corrected chi connectivity index (χ4v) is 8.55. The van der Waals surface area contributed by atoms with Gasteiger partial charge in [0.1, 0.15) is 11.5 Å². The molecule has 0 unspecified atom stereocenters. The quantitative estimate of drug-likeness (QED) is 0.144. The van der Waals surface area contributed by atoms with Crippen molar-refractivity contribution >= 4 is 59.6 Å². The lowest BCUT2D eigenvalue weighted by molar-refractivity contribution is -0.142. The van der Waals surface area contributed by atoms with Crippen LogP contribution in [0.4, 0.5) is 0 Å². The average molecular weight is 799 g/mol. The van der Waals surface area contributed by atoms with E-state index in [1.807, 2.05) is 6.07 Å². The van der Waals surface area contributed by atoms with Gasteiger partial charge in [-0.15, -0.1) is 0 Å². The minimum Gasteiger partial charge on any atom is -0.496 e. The second-order valence-corrected chi connectivity index (χ2v) is 15.0. The third-order valence-corrected chi connectivity index (χ3v) is 11.8. The van der Waals surface area contributed by atoms with Crippen molar-refractivity contribution in [3.8, 4) is 11.5 Å². The van der Waals surface area contributed by atoms with E-state index in [2.05, 4.69) is 122 Å². The third-order valence-electron chi connectivity index (χ3n) is 10.2. The van der Waals surface area contributed by atoms with Gasteiger partial charge in [-0.25, -0.2) is 4.79 Å². The van der Waals surface area contributed by atoms with Gasteiger partial charge in [-0.1, -0.05) is 68.3 Å². The summed E-state index contributed by atoms with van der Waals surface area (Å²) in [5.41, 5.74) is 13.3. The van der Waals surface area contributed by atoms with Crippen LogP contribution in [0, 0.1) is 13.8 Å². The van der Waals surface area contributed by atoms with Crippen molar-refractivity contribution in [2.75, 3.05) is 20.8 Å². The van der Waals surface area contributed by atoms with Crippen molar-refractivity contribution in [2.45, 2.75) is 65.5 Å². The largest absolute Gasteiger partial charge is 0.496 e. The number of fused-ring (bicyclic) bond motifs is 6. The van der Waals surface area contributed by atoms with E-state index < -0.39 is 0 Å². The molecule has 0 spiro atoms. The lowest BCUT2D eigenvalue weighted by Crippen LogP contribution is -2.13. The van der Waals surface area contributed by atoms with E-state index >= 15 is 0 Å². The number of methoxy groups -OCH3 is 2. The zero-order chi connectivity index (χ0) is 34.9. The van der Waals surface area contributed by atoms with E-state index in [0.717, 1.165) is 53.7 Å². The Labute approximate surface area is 310 Å². The summed E-state index contributed by atoms with van der Waals surface area (Å²) in [4.78, 5) is 11.5. The molecule has 0 atom stereocenters. The number of benzene rings is 4. The summed E-state index contributed by atoms with van der Waals surface area (Å²) < 4.78 is 23.3. The van der Waals surface area contributed by atoms with Crippen molar-refractivity contribution in [3.63, 3.8) is 0 Å². The first-order chi connectivity index (χ1) is 24.3. The number of carbonyl (C=O) groups excluding carboxylic acids is 1. The molecule has 0 N–H and O–H groups in total. The van der Waals surface area contributed by atoms with E-state index in [0.29, 0.717) is 0 Å². The molecule has 0 amide bonds. The summed E-state index contributed by atoms with van der Waals surface area (Å²) in [5, 5.41) is 2.32. The molecule has 6 aromatic rings. The third kappa shape index (κ3) is 6.60. The van der Waals surface area contributed by atoms with Crippen LogP contribution in [0.5, 0.6) is 11.5 Å². The highest BCUT2D eigenvalue weighted by Crippen LogP contribution is 2.40. The topological polar surface area (TPSA) is 54.6 Å². The molecule has 2 aliphatic carbocycles. The van der Waals surface area contributed by atoms with Crippen LogP contribution in [0.25, 0.3) is 21.8 Å². The number of hydrogen-bond donors (Lipinski definition) is 0. The Hall–Kier alpha value is -4.01. The number of ether oxygens (including phenoxy) is 3. The minimum absolute atomic E-state index is 0.0706. The van der Waals surface area contributed by atoms with E-state index in [4.69, 9.17) is 14.2 Å². The highest BCUT2D eigenvalue weighted by molar-refractivity contribution is 9.10. The Morgan fingerprint density at radius 2 is 1.16 bits per heavy atom. The van der Waals surface area contributed by atoms with Crippen LogP contribution in [0.2, 0.25) is 0 Å². The first-order valence-electron chi connectivity index (χ1n) is 17.3. The summed E-state index contributed by atoms with van der Waals surface area (Å²) >= 11 is 7.35. The Balaban J connectivity index is 0.000000159. The Morgan fingerprint density at radius 1 is 0.680 bits per heavy atom. The van der Waals surface area contributed by atoms with Crippen LogP contribution >= 0.6 is 31.9 Å². The summed E-state index contributed by atoms with van der Waals surface area (Å²) in [6.45, 7) is 5.93. The van der Waals surface area contributed by atoms with E-state index in [1.54, 1.807) is 7.11 Å². The van der Waals surface area contributed by atoms with Gasteiger partial charge in [-0.05, 0) is 122 Å². The number of nitrogens with zero attached hydrogens (tertiary/aromatic N) is 2.